The number of fused-ring (bicyclic) bond motifs is 4. The van der Waals surface area contributed by atoms with E-state index < -0.39 is 46.0 Å². The van der Waals surface area contributed by atoms with Gasteiger partial charge in [-0.1, -0.05) is 18.6 Å². The van der Waals surface area contributed by atoms with Gasteiger partial charge in [0.1, 0.15) is 11.2 Å². The highest BCUT2D eigenvalue weighted by Crippen LogP contribution is 2.77. The van der Waals surface area contributed by atoms with Crippen LogP contribution in [0.1, 0.15) is 59.8 Å². The lowest BCUT2D eigenvalue weighted by Crippen LogP contribution is -2.76. The minimum atomic E-state index is -1.89. The van der Waals surface area contributed by atoms with Gasteiger partial charge < -0.3 is 19.7 Å². The third-order valence-corrected chi connectivity index (χ3v) is 11.9. The van der Waals surface area contributed by atoms with Crippen LogP contribution in [0.2, 0.25) is 0 Å². The third-order valence-electron chi connectivity index (χ3n) is 11.9. The van der Waals surface area contributed by atoms with Crippen LogP contribution in [0.25, 0.3) is 0 Å². The zero-order valence-electron chi connectivity index (χ0n) is 20.6. The predicted molar refractivity (Wildman–Crippen MR) is 123 cm³/mol. The Morgan fingerprint density at radius 2 is 1.86 bits per heavy atom. The van der Waals surface area contributed by atoms with Crippen molar-refractivity contribution in [2.24, 2.45) is 28.6 Å². The van der Waals surface area contributed by atoms with E-state index >= 15 is 0 Å². The summed E-state index contributed by atoms with van der Waals surface area (Å²) in [5, 5.41) is 23.3. The number of allylic oxidation sites excluding steroid dienone is 1. The Kier molecular flexibility index (Phi) is 3.83. The molecular formula is C28H32O7. The van der Waals surface area contributed by atoms with Crippen molar-refractivity contribution in [2.75, 3.05) is 6.61 Å². The van der Waals surface area contributed by atoms with E-state index in [2.05, 4.69) is 0 Å². The monoisotopic (exact) mass is 480 g/mol. The summed E-state index contributed by atoms with van der Waals surface area (Å²) in [4.78, 5) is 40.6. The molecule has 0 aromatic carbocycles. The van der Waals surface area contributed by atoms with Crippen LogP contribution in [-0.4, -0.2) is 57.3 Å². The number of aliphatic hydroxyl groups excluding tert-OH is 1. The van der Waals surface area contributed by atoms with Gasteiger partial charge in [0.2, 0.25) is 11.4 Å². The lowest BCUT2D eigenvalue weighted by molar-refractivity contribution is -0.249. The predicted octanol–water partition coefficient (Wildman–Crippen LogP) is 2.35. The van der Waals surface area contributed by atoms with E-state index in [0.717, 1.165) is 18.4 Å². The summed E-state index contributed by atoms with van der Waals surface area (Å²) >= 11 is 0. The molecule has 7 aliphatic rings. The second-order valence-corrected chi connectivity index (χ2v) is 12.4. The summed E-state index contributed by atoms with van der Waals surface area (Å²) in [6.45, 7) is 6.83. The highest BCUT2D eigenvalue weighted by molar-refractivity contribution is 6.12. The Morgan fingerprint density at radius 3 is 2.51 bits per heavy atom. The maximum atomic E-state index is 14.1. The van der Waals surface area contributed by atoms with Crippen LogP contribution in [0.15, 0.2) is 34.4 Å². The molecule has 5 aliphatic carbocycles. The van der Waals surface area contributed by atoms with Crippen molar-refractivity contribution in [3.05, 3.63) is 34.4 Å². The van der Waals surface area contributed by atoms with Crippen molar-refractivity contribution >= 4 is 17.5 Å². The molecule has 2 N–H and O–H groups in total. The van der Waals surface area contributed by atoms with Crippen molar-refractivity contribution in [3.8, 4) is 0 Å². The second kappa shape index (κ2) is 6.06. The molecule has 2 aliphatic heterocycles. The molecule has 2 spiro atoms. The number of carbonyl (C=O) groups is 3. The molecule has 0 bridgehead atoms. The number of epoxide rings is 1. The van der Waals surface area contributed by atoms with E-state index in [1.165, 1.54) is 0 Å². The number of carbonyl (C=O) groups excluding carboxylic acids is 3. The Balaban J connectivity index is 1.51. The van der Waals surface area contributed by atoms with Gasteiger partial charge in [-0.15, -0.1) is 0 Å². The van der Waals surface area contributed by atoms with Crippen molar-refractivity contribution in [3.63, 3.8) is 0 Å². The van der Waals surface area contributed by atoms with Gasteiger partial charge in [0.25, 0.3) is 0 Å². The first-order valence-electron chi connectivity index (χ1n) is 12.9. The smallest absolute Gasteiger partial charge is 0.335 e. The zero-order valence-corrected chi connectivity index (χ0v) is 20.6. The van der Waals surface area contributed by atoms with Crippen molar-refractivity contribution in [1.29, 1.82) is 0 Å². The molecular weight excluding hydrogens is 448 g/mol. The molecule has 9 unspecified atom stereocenters. The Hall–Kier alpha value is -2.09. The summed E-state index contributed by atoms with van der Waals surface area (Å²) in [6, 6.07) is 0. The molecule has 0 radical (unpaired) electrons. The Bertz CT molecular complexity index is 1240. The van der Waals surface area contributed by atoms with Crippen molar-refractivity contribution in [1.82, 2.24) is 0 Å². The van der Waals surface area contributed by atoms with E-state index in [9.17, 15) is 24.6 Å². The van der Waals surface area contributed by atoms with Gasteiger partial charge in [0, 0.05) is 16.6 Å². The number of hydrogen-bond acceptors (Lipinski definition) is 7. The molecule has 1 saturated heterocycles. The second-order valence-electron chi connectivity index (χ2n) is 12.4. The quantitative estimate of drug-likeness (QED) is 0.437. The van der Waals surface area contributed by atoms with E-state index in [1.807, 2.05) is 19.9 Å². The first kappa shape index (κ1) is 22.1. The summed E-state index contributed by atoms with van der Waals surface area (Å²) < 4.78 is 12.3. The number of ether oxygens (including phenoxy) is 2. The molecule has 0 aromatic rings. The molecule has 7 nitrogen and oxygen atoms in total. The van der Waals surface area contributed by atoms with E-state index in [1.54, 1.807) is 19.9 Å². The van der Waals surface area contributed by atoms with Crippen LogP contribution >= 0.6 is 0 Å². The number of rotatable bonds is 1. The third kappa shape index (κ3) is 1.92. The van der Waals surface area contributed by atoms with Gasteiger partial charge in [-0.05, 0) is 82.3 Å². The number of ketones is 2. The summed E-state index contributed by atoms with van der Waals surface area (Å²) in [5.74, 6) is -1.25. The summed E-state index contributed by atoms with van der Waals surface area (Å²) in [5.41, 5.74) is -4.08. The fourth-order valence-corrected chi connectivity index (χ4v) is 9.97. The first-order valence-corrected chi connectivity index (χ1v) is 12.9. The standard InChI is InChI=1S/C28H32O7/c1-13-14(2)28(35-23(13)32)22(31)16(12-29)18-8-7-17-15-10-21-26(34-21)9-5-6-20(30)25(26,4)19(15)11-27(28,33)24(17,18)3/h5-6,15,17,19,21,29,33H,7-12H2,1-4H3. The maximum absolute atomic E-state index is 14.1. The van der Waals surface area contributed by atoms with Crippen LogP contribution in [0.5, 0.6) is 0 Å². The molecule has 0 aromatic heterocycles. The van der Waals surface area contributed by atoms with E-state index in [0.29, 0.717) is 24.0 Å². The van der Waals surface area contributed by atoms with Gasteiger partial charge in [-0.2, -0.15) is 0 Å². The number of Topliss-reactive ketones (excluding diaryl/α,β-unsaturated/α-hetero) is 1. The van der Waals surface area contributed by atoms with Crippen molar-refractivity contribution in [2.45, 2.75) is 82.7 Å². The highest BCUT2D eigenvalue weighted by Gasteiger charge is 2.84. The minimum Gasteiger partial charge on any atom is -0.439 e. The Morgan fingerprint density at radius 1 is 1.11 bits per heavy atom. The number of aliphatic hydroxyl groups is 2. The molecule has 3 saturated carbocycles. The fraction of sp³-hybridized carbons (Fsp3) is 0.679. The largest absolute Gasteiger partial charge is 0.439 e. The lowest BCUT2D eigenvalue weighted by atomic mass is 9.38. The molecule has 0 amide bonds. The van der Waals surface area contributed by atoms with Crippen LogP contribution in [0.4, 0.5) is 0 Å². The Labute approximate surface area is 204 Å². The molecule has 4 fully saturated rings. The topological polar surface area (TPSA) is 113 Å². The van der Waals surface area contributed by atoms with Gasteiger partial charge in [0.15, 0.2) is 5.78 Å². The lowest BCUT2D eigenvalue weighted by Gasteiger charge is -2.66. The number of hydrogen-bond donors (Lipinski definition) is 2. The molecule has 7 heteroatoms. The molecule has 2 heterocycles. The van der Waals surface area contributed by atoms with Gasteiger partial charge in [-0.25, -0.2) is 4.79 Å². The maximum Gasteiger partial charge on any atom is 0.335 e. The summed E-state index contributed by atoms with van der Waals surface area (Å²) in [7, 11) is 0. The molecule has 186 valence electrons. The first-order chi connectivity index (χ1) is 16.5. The van der Waals surface area contributed by atoms with E-state index in [-0.39, 0.29) is 41.6 Å². The average molecular weight is 481 g/mol. The van der Waals surface area contributed by atoms with Crippen LogP contribution in [0.3, 0.4) is 0 Å². The van der Waals surface area contributed by atoms with Crippen LogP contribution in [0, 0.1) is 28.6 Å². The normalized spacial score (nSPS) is 53.5. The minimum absolute atomic E-state index is 0.00940. The SMILES string of the molecule is CC1=C(C)C2(OC1=O)C(=O)C(CO)=C1CCC3C4CC5OC56CC=CC(=O)C6(C)C4CC2(O)C13C. The average Bonchev–Trinajstić information content (AvgIpc) is 3.34. The molecule has 7 rings (SSSR count). The van der Waals surface area contributed by atoms with Gasteiger partial charge >= 0.3 is 5.97 Å². The van der Waals surface area contributed by atoms with Crippen LogP contribution in [-0.2, 0) is 23.9 Å². The van der Waals surface area contributed by atoms with Crippen molar-refractivity contribution < 1.29 is 34.1 Å². The molecule has 35 heavy (non-hydrogen) atoms. The molecule has 9 atom stereocenters. The zero-order chi connectivity index (χ0) is 24.9. The van der Waals surface area contributed by atoms with Gasteiger partial charge in [-0.3, -0.25) is 9.59 Å². The fourth-order valence-electron chi connectivity index (χ4n) is 9.97. The number of esters is 1. The highest BCUT2D eigenvalue weighted by atomic mass is 16.6. The van der Waals surface area contributed by atoms with Gasteiger partial charge in [0.05, 0.1) is 18.1 Å². The van der Waals surface area contributed by atoms with Crippen LogP contribution < -0.4 is 0 Å². The van der Waals surface area contributed by atoms with E-state index in [4.69, 9.17) is 9.47 Å². The summed E-state index contributed by atoms with van der Waals surface area (Å²) in [6.07, 6.45) is 6.55.